The van der Waals surface area contributed by atoms with E-state index < -0.39 is 0 Å². The van der Waals surface area contributed by atoms with E-state index in [1.807, 2.05) is 6.92 Å². The number of likely N-dealkylation sites (tertiary alicyclic amines) is 1. The van der Waals surface area contributed by atoms with Crippen LogP contribution < -0.4 is 5.69 Å². The normalized spacial score (nSPS) is 21.2. The third-order valence-corrected chi connectivity index (χ3v) is 5.30. The fourth-order valence-corrected chi connectivity index (χ4v) is 3.57. The summed E-state index contributed by atoms with van der Waals surface area (Å²) in [4.78, 5) is 18.7. The average molecular weight is 332 g/mol. The first-order valence-corrected chi connectivity index (χ1v) is 8.90. The van der Waals surface area contributed by atoms with Gasteiger partial charge in [0.2, 0.25) is 5.89 Å². The molecule has 1 aliphatic heterocycles. The molecule has 2 fully saturated rings. The lowest BCUT2D eigenvalue weighted by Crippen LogP contribution is -2.36. The van der Waals surface area contributed by atoms with E-state index >= 15 is 0 Å². The van der Waals surface area contributed by atoms with Gasteiger partial charge in [0.15, 0.2) is 5.82 Å². The summed E-state index contributed by atoms with van der Waals surface area (Å²) in [6.45, 7) is 6.65. The van der Waals surface area contributed by atoms with Crippen molar-refractivity contribution in [3.05, 3.63) is 28.0 Å². The van der Waals surface area contributed by atoms with Gasteiger partial charge in [0, 0.05) is 18.4 Å². The van der Waals surface area contributed by atoms with Gasteiger partial charge in [-0.1, -0.05) is 5.16 Å². The molecule has 1 saturated heterocycles. The van der Waals surface area contributed by atoms with Gasteiger partial charge in [-0.3, -0.25) is 9.47 Å². The summed E-state index contributed by atoms with van der Waals surface area (Å²) in [5.41, 5.74) is -0.109. The molecule has 24 heavy (non-hydrogen) atoms. The van der Waals surface area contributed by atoms with Crippen LogP contribution in [0.15, 0.2) is 9.32 Å². The zero-order valence-electron chi connectivity index (χ0n) is 14.2. The van der Waals surface area contributed by atoms with Crippen LogP contribution in [0.2, 0.25) is 0 Å². The van der Waals surface area contributed by atoms with Crippen LogP contribution in [0.1, 0.15) is 74.9 Å². The highest BCUT2D eigenvalue weighted by Crippen LogP contribution is 2.39. The fraction of sp³-hybridized carbons (Fsp3) is 0.750. The maximum absolute atomic E-state index is 11.7. The van der Waals surface area contributed by atoms with Crippen LogP contribution in [0.5, 0.6) is 0 Å². The van der Waals surface area contributed by atoms with Crippen LogP contribution in [-0.2, 0) is 6.54 Å². The molecule has 1 N–H and O–H groups in total. The Bertz CT molecular complexity index is 751. The molecule has 3 heterocycles. The van der Waals surface area contributed by atoms with Gasteiger partial charge in [0.1, 0.15) is 5.82 Å². The fourth-order valence-electron chi connectivity index (χ4n) is 3.57. The van der Waals surface area contributed by atoms with E-state index in [1.165, 1.54) is 12.8 Å². The van der Waals surface area contributed by atoms with Gasteiger partial charge >= 0.3 is 5.69 Å². The number of aromatic nitrogens is 5. The minimum atomic E-state index is -0.109. The Morgan fingerprint density at radius 3 is 2.67 bits per heavy atom. The first kappa shape index (κ1) is 15.6. The third kappa shape index (κ3) is 2.79. The SMILES string of the molecule is CCn1c(C2CCN(C(C)c3nc(C4CC4)no3)CC2)n[nH]c1=O. The quantitative estimate of drug-likeness (QED) is 0.897. The van der Waals surface area contributed by atoms with Crippen molar-refractivity contribution in [3.63, 3.8) is 0 Å². The first-order valence-electron chi connectivity index (χ1n) is 8.90. The summed E-state index contributed by atoms with van der Waals surface area (Å²) in [6.07, 6.45) is 4.33. The monoisotopic (exact) mass is 332 g/mol. The average Bonchev–Trinajstić information content (AvgIpc) is 3.22. The van der Waals surface area contributed by atoms with Gasteiger partial charge in [-0.25, -0.2) is 9.89 Å². The van der Waals surface area contributed by atoms with E-state index in [9.17, 15) is 4.79 Å². The topological polar surface area (TPSA) is 92.8 Å². The highest BCUT2D eigenvalue weighted by molar-refractivity contribution is 5.05. The van der Waals surface area contributed by atoms with E-state index in [2.05, 4.69) is 32.2 Å². The van der Waals surface area contributed by atoms with Gasteiger partial charge in [-0.2, -0.15) is 10.1 Å². The summed E-state index contributed by atoms with van der Waals surface area (Å²) in [5, 5.41) is 10.9. The first-order chi connectivity index (χ1) is 11.7. The van der Waals surface area contributed by atoms with Crippen LogP contribution in [0.3, 0.4) is 0 Å². The highest BCUT2D eigenvalue weighted by Gasteiger charge is 2.32. The predicted molar refractivity (Wildman–Crippen MR) is 86.8 cm³/mol. The molecule has 0 aromatic carbocycles. The van der Waals surface area contributed by atoms with Crippen molar-refractivity contribution in [1.29, 1.82) is 0 Å². The molecule has 130 valence electrons. The van der Waals surface area contributed by atoms with E-state index in [4.69, 9.17) is 4.52 Å². The summed E-state index contributed by atoms with van der Waals surface area (Å²) in [7, 11) is 0. The Labute approximate surface area is 140 Å². The maximum atomic E-state index is 11.7. The molecule has 1 aliphatic carbocycles. The van der Waals surface area contributed by atoms with E-state index in [-0.39, 0.29) is 11.7 Å². The van der Waals surface area contributed by atoms with Gasteiger partial charge in [0.25, 0.3) is 0 Å². The lowest BCUT2D eigenvalue weighted by atomic mass is 9.95. The molecule has 8 heteroatoms. The van der Waals surface area contributed by atoms with E-state index in [0.717, 1.165) is 43.5 Å². The molecule has 1 saturated carbocycles. The second-order valence-corrected chi connectivity index (χ2v) is 6.88. The lowest BCUT2D eigenvalue weighted by molar-refractivity contribution is 0.134. The minimum absolute atomic E-state index is 0.109. The number of hydrogen-bond donors (Lipinski definition) is 1. The molecule has 8 nitrogen and oxygen atoms in total. The molecule has 2 aromatic rings. The van der Waals surface area contributed by atoms with Crippen molar-refractivity contribution in [2.24, 2.45) is 0 Å². The highest BCUT2D eigenvalue weighted by atomic mass is 16.5. The standard InChI is InChI=1S/C16H24N6O2/c1-3-22-14(18-19-16(22)23)12-6-8-21(9-7-12)10(2)15-17-13(20-24-15)11-4-5-11/h10-12H,3-9H2,1-2H3,(H,19,23). The zero-order valence-corrected chi connectivity index (χ0v) is 14.2. The van der Waals surface area contributed by atoms with Crippen molar-refractivity contribution in [3.8, 4) is 0 Å². The number of nitrogens with zero attached hydrogens (tertiary/aromatic N) is 5. The molecule has 0 amide bonds. The van der Waals surface area contributed by atoms with Crippen molar-refractivity contribution >= 4 is 0 Å². The molecule has 0 radical (unpaired) electrons. The van der Waals surface area contributed by atoms with Crippen molar-refractivity contribution < 1.29 is 4.52 Å². The van der Waals surface area contributed by atoms with Crippen LogP contribution >= 0.6 is 0 Å². The molecule has 1 unspecified atom stereocenters. The van der Waals surface area contributed by atoms with E-state index in [1.54, 1.807) is 4.57 Å². The molecule has 1 atom stereocenters. The summed E-state index contributed by atoms with van der Waals surface area (Å²) in [5.74, 6) is 3.34. The Morgan fingerprint density at radius 1 is 1.25 bits per heavy atom. The number of rotatable bonds is 5. The molecular formula is C16H24N6O2. The molecule has 4 rings (SSSR count). The number of piperidine rings is 1. The van der Waals surface area contributed by atoms with Gasteiger partial charge < -0.3 is 4.52 Å². The minimum Gasteiger partial charge on any atom is -0.338 e. The maximum Gasteiger partial charge on any atom is 0.343 e. The second kappa shape index (κ2) is 6.16. The number of hydrogen-bond acceptors (Lipinski definition) is 6. The van der Waals surface area contributed by atoms with Gasteiger partial charge in [0.05, 0.1) is 6.04 Å². The predicted octanol–water partition coefficient (Wildman–Crippen LogP) is 1.79. The van der Waals surface area contributed by atoms with Crippen molar-refractivity contribution in [2.45, 2.75) is 64.0 Å². The third-order valence-electron chi connectivity index (χ3n) is 5.30. The van der Waals surface area contributed by atoms with E-state index in [0.29, 0.717) is 18.4 Å². The molecule has 0 spiro atoms. The Morgan fingerprint density at radius 2 is 2.00 bits per heavy atom. The second-order valence-electron chi connectivity index (χ2n) is 6.88. The molecule has 2 aromatic heterocycles. The number of aromatic amines is 1. The number of H-pyrrole nitrogens is 1. The number of nitrogens with one attached hydrogen (secondary N) is 1. The molecular weight excluding hydrogens is 308 g/mol. The zero-order chi connectivity index (χ0) is 16.7. The van der Waals surface area contributed by atoms with Crippen molar-refractivity contribution in [1.82, 2.24) is 29.8 Å². The van der Waals surface area contributed by atoms with Gasteiger partial charge in [-0.05, 0) is 52.6 Å². The Kier molecular flexibility index (Phi) is 3.99. The van der Waals surface area contributed by atoms with Crippen LogP contribution in [0.4, 0.5) is 0 Å². The summed E-state index contributed by atoms with van der Waals surface area (Å²) >= 11 is 0. The molecule has 2 aliphatic rings. The van der Waals surface area contributed by atoms with Crippen molar-refractivity contribution in [2.75, 3.05) is 13.1 Å². The smallest absolute Gasteiger partial charge is 0.338 e. The molecule has 0 bridgehead atoms. The van der Waals surface area contributed by atoms with Crippen LogP contribution in [0.25, 0.3) is 0 Å². The largest absolute Gasteiger partial charge is 0.343 e. The Hall–Kier alpha value is -1.96. The Balaban J connectivity index is 1.40. The summed E-state index contributed by atoms with van der Waals surface area (Å²) in [6, 6.07) is 0.138. The van der Waals surface area contributed by atoms with Gasteiger partial charge in [-0.15, -0.1) is 0 Å². The van der Waals surface area contributed by atoms with Crippen LogP contribution in [-0.4, -0.2) is 42.9 Å². The summed E-state index contributed by atoms with van der Waals surface area (Å²) < 4.78 is 7.21. The van der Waals surface area contributed by atoms with Crippen LogP contribution in [0, 0.1) is 0 Å². The lowest BCUT2D eigenvalue weighted by Gasteiger charge is -2.34.